The third-order valence-corrected chi connectivity index (χ3v) is 5.28. The molecule has 1 aliphatic heterocycles. The molecule has 0 fully saturated rings. The molecule has 0 radical (unpaired) electrons. The van der Waals surface area contributed by atoms with Gasteiger partial charge in [-0.25, -0.2) is 9.97 Å². The summed E-state index contributed by atoms with van der Waals surface area (Å²) < 4.78 is 5.78. The summed E-state index contributed by atoms with van der Waals surface area (Å²) in [6.07, 6.45) is 4.03. The number of nitrogens with one attached hydrogen (secondary N) is 1. The SMILES string of the molecule is CSc1nc(C)c(CCC(=O)NCC2COc3ccccc3C2)c(C)n1. The highest BCUT2D eigenvalue weighted by Gasteiger charge is 2.20. The fourth-order valence-electron chi connectivity index (χ4n) is 3.27. The lowest BCUT2D eigenvalue weighted by Gasteiger charge is -2.25. The molecular weight excluding hydrogens is 346 g/mol. The van der Waals surface area contributed by atoms with Crippen LogP contribution in [0.2, 0.25) is 0 Å². The van der Waals surface area contributed by atoms with Crippen molar-refractivity contribution >= 4 is 17.7 Å². The third kappa shape index (κ3) is 4.55. The minimum Gasteiger partial charge on any atom is -0.493 e. The first kappa shape index (κ1) is 18.7. The second kappa shape index (κ2) is 8.54. The number of hydrogen-bond donors (Lipinski definition) is 1. The molecule has 1 N–H and O–H groups in total. The van der Waals surface area contributed by atoms with Crippen LogP contribution in [0.4, 0.5) is 0 Å². The average Bonchev–Trinajstić information content (AvgIpc) is 2.65. The number of carbonyl (C=O) groups is 1. The van der Waals surface area contributed by atoms with Crippen molar-refractivity contribution in [1.29, 1.82) is 0 Å². The molecule has 1 amide bonds. The van der Waals surface area contributed by atoms with Crippen LogP contribution in [-0.2, 0) is 17.6 Å². The standard InChI is InChI=1S/C20H25N3O2S/c1-13-17(14(2)23-20(22-13)26-3)8-9-19(24)21-11-15-10-16-6-4-5-7-18(16)25-12-15/h4-7,15H,8-12H2,1-3H3,(H,21,24). The zero-order valence-electron chi connectivity index (χ0n) is 15.5. The van der Waals surface area contributed by atoms with Crippen LogP contribution in [0.1, 0.15) is 28.9 Å². The van der Waals surface area contributed by atoms with E-state index in [2.05, 4.69) is 21.4 Å². The predicted octanol–water partition coefficient (Wildman–Crippen LogP) is 3.12. The highest BCUT2D eigenvalue weighted by molar-refractivity contribution is 7.98. The molecule has 2 heterocycles. The fourth-order valence-corrected chi connectivity index (χ4v) is 3.73. The van der Waals surface area contributed by atoms with Crippen LogP contribution in [0.25, 0.3) is 0 Å². The monoisotopic (exact) mass is 371 g/mol. The highest BCUT2D eigenvalue weighted by Crippen LogP contribution is 2.26. The molecule has 0 spiro atoms. The van der Waals surface area contributed by atoms with E-state index in [0.717, 1.165) is 34.3 Å². The summed E-state index contributed by atoms with van der Waals surface area (Å²) in [4.78, 5) is 21.2. The normalized spacial score (nSPS) is 15.9. The number of thioether (sulfide) groups is 1. The summed E-state index contributed by atoms with van der Waals surface area (Å²) in [6, 6.07) is 8.10. The van der Waals surface area contributed by atoms with E-state index in [4.69, 9.17) is 4.74 Å². The summed E-state index contributed by atoms with van der Waals surface area (Å²) in [6.45, 7) is 5.27. The van der Waals surface area contributed by atoms with Gasteiger partial charge in [-0.15, -0.1) is 0 Å². The molecule has 0 bridgehead atoms. The van der Waals surface area contributed by atoms with Crippen LogP contribution in [0.3, 0.4) is 0 Å². The zero-order chi connectivity index (χ0) is 18.5. The number of aromatic nitrogens is 2. The number of aryl methyl sites for hydroxylation is 2. The largest absolute Gasteiger partial charge is 0.493 e. The lowest BCUT2D eigenvalue weighted by molar-refractivity contribution is -0.121. The number of para-hydroxylation sites is 1. The summed E-state index contributed by atoms with van der Waals surface area (Å²) in [5.74, 6) is 1.35. The average molecular weight is 372 g/mol. The molecule has 1 aromatic heterocycles. The maximum atomic E-state index is 12.3. The number of fused-ring (bicyclic) bond motifs is 1. The molecular formula is C20H25N3O2S. The van der Waals surface area contributed by atoms with E-state index in [9.17, 15) is 4.79 Å². The number of rotatable bonds is 6. The first-order valence-electron chi connectivity index (χ1n) is 8.92. The van der Waals surface area contributed by atoms with Gasteiger partial charge in [-0.1, -0.05) is 30.0 Å². The molecule has 1 atom stereocenters. The molecule has 5 nitrogen and oxygen atoms in total. The van der Waals surface area contributed by atoms with Gasteiger partial charge in [0.1, 0.15) is 5.75 Å². The number of hydrogen-bond acceptors (Lipinski definition) is 5. The quantitative estimate of drug-likeness (QED) is 0.624. The molecule has 3 rings (SSSR count). The second-order valence-corrected chi connectivity index (χ2v) is 7.43. The van der Waals surface area contributed by atoms with Crippen molar-refractivity contribution in [2.75, 3.05) is 19.4 Å². The van der Waals surface area contributed by atoms with Crippen molar-refractivity contribution < 1.29 is 9.53 Å². The molecule has 1 aromatic carbocycles. The van der Waals surface area contributed by atoms with E-state index in [0.29, 0.717) is 31.9 Å². The molecule has 0 saturated heterocycles. The molecule has 2 aromatic rings. The van der Waals surface area contributed by atoms with Crippen LogP contribution in [0.5, 0.6) is 5.75 Å². The Morgan fingerprint density at radius 1 is 1.27 bits per heavy atom. The summed E-state index contributed by atoms with van der Waals surface area (Å²) in [5, 5.41) is 3.83. The summed E-state index contributed by atoms with van der Waals surface area (Å²) >= 11 is 1.54. The first-order valence-corrected chi connectivity index (χ1v) is 10.1. The Labute approximate surface area is 159 Å². The Kier molecular flexibility index (Phi) is 6.14. The molecule has 138 valence electrons. The van der Waals surface area contributed by atoms with Crippen molar-refractivity contribution in [2.24, 2.45) is 5.92 Å². The van der Waals surface area contributed by atoms with Crippen molar-refractivity contribution in [2.45, 2.75) is 38.3 Å². The molecule has 0 saturated carbocycles. The van der Waals surface area contributed by atoms with Gasteiger partial charge in [-0.05, 0) is 50.1 Å². The van der Waals surface area contributed by atoms with E-state index >= 15 is 0 Å². The lowest BCUT2D eigenvalue weighted by atomic mass is 9.96. The minimum absolute atomic E-state index is 0.0663. The van der Waals surface area contributed by atoms with E-state index in [1.165, 1.54) is 17.3 Å². The van der Waals surface area contributed by atoms with E-state index in [-0.39, 0.29) is 5.91 Å². The second-order valence-electron chi connectivity index (χ2n) is 6.65. The van der Waals surface area contributed by atoms with Gasteiger partial charge in [0, 0.05) is 30.3 Å². The number of benzene rings is 1. The smallest absolute Gasteiger partial charge is 0.220 e. The molecule has 1 unspecified atom stereocenters. The Bertz CT molecular complexity index is 771. The number of amides is 1. The van der Waals surface area contributed by atoms with Gasteiger partial charge >= 0.3 is 0 Å². The fraction of sp³-hybridized carbons (Fsp3) is 0.450. The third-order valence-electron chi connectivity index (χ3n) is 4.73. The maximum Gasteiger partial charge on any atom is 0.220 e. The van der Waals surface area contributed by atoms with Gasteiger partial charge in [0.2, 0.25) is 5.91 Å². The highest BCUT2D eigenvalue weighted by atomic mass is 32.2. The minimum atomic E-state index is 0.0663. The Morgan fingerprint density at radius 3 is 2.73 bits per heavy atom. The van der Waals surface area contributed by atoms with Gasteiger partial charge in [-0.3, -0.25) is 4.79 Å². The topological polar surface area (TPSA) is 64.1 Å². The van der Waals surface area contributed by atoms with E-state index in [1.807, 2.05) is 38.3 Å². The molecule has 26 heavy (non-hydrogen) atoms. The molecule has 1 aliphatic rings. The van der Waals surface area contributed by atoms with Crippen LogP contribution in [0.15, 0.2) is 29.4 Å². The van der Waals surface area contributed by atoms with Gasteiger partial charge in [0.15, 0.2) is 5.16 Å². The van der Waals surface area contributed by atoms with E-state index in [1.54, 1.807) is 0 Å². The van der Waals surface area contributed by atoms with Crippen LogP contribution in [-0.4, -0.2) is 35.3 Å². The summed E-state index contributed by atoms with van der Waals surface area (Å²) in [7, 11) is 0. The van der Waals surface area contributed by atoms with Crippen molar-refractivity contribution in [3.8, 4) is 5.75 Å². The molecule has 0 aliphatic carbocycles. The van der Waals surface area contributed by atoms with Gasteiger partial charge in [-0.2, -0.15) is 0 Å². The number of carbonyl (C=O) groups excluding carboxylic acids is 1. The lowest BCUT2D eigenvalue weighted by Crippen LogP contribution is -2.34. The van der Waals surface area contributed by atoms with Gasteiger partial charge in [0.05, 0.1) is 6.61 Å². The maximum absolute atomic E-state index is 12.3. The van der Waals surface area contributed by atoms with Crippen molar-refractivity contribution in [3.63, 3.8) is 0 Å². The van der Waals surface area contributed by atoms with Gasteiger partial charge in [0.25, 0.3) is 0 Å². The van der Waals surface area contributed by atoms with E-state index < -0.39 is 0 Å². The van der Waals surface area contributed by atoms with Gasteiger partial charge < -0.3 is 10.1 Å². The van der Waals surface area contributed by atoms with Crippen LogP contribution < -0.4 is 10.1 Å². The van der Waals surface area contributed by atoms with Crippen LogP contribution in [0, 0.1) is 19.8 Å². The number of ether oxygens (including phenoxy) is 1. The van der Waals surface area contributed by atoms with Crippen molar-refractivity contribution in [1.82, 2.24) is 15.3 Å². The summed E-state index contributed by atoms with van der Waals surface area (Å²) in [5.41, 5.74) is 4.22. The first-order chi connectivity index (χ1) is 12.6. The Morgan fingerprint density at radius 2 is 2.00 bits per heavy atom. The predicted molar refractivity (Wildman–Crippen MR) is 104 cm³/mol. The van der Waals surface area contributed by atoms with Crippen molar-refractivity contribution in [3.05, 3.63) is 46.8 Å². The Hall–Kier alpha value is -2.08. The number of nitrogens with zero attached hydrogens (tertiary/aromatic N) is 2. The Balaban J connectivity index is 1.48. The molecule has 6 heteroatoms. The van der Waals surface area contributed by atoms with Crippen LogP contribution >= 0.6 is 11.8 Å². The zero-order valence-corrected chi connectivity index (χ0v) is 16.4.